The lowest BCUT2D eigenvalue weighted by atomic mass is 9.85. The molecule has 0 bridgehead atoms. The molecule has 0 aromatic heterocycles. The molecule has 2 aliphatic rings. The van der Waals surface area contributed by atoms with E-state index in [1.165, 1.54) is 25.3 Å². The smallest absolute Gasteiger partial charge is 0.387 e. The number of halogens is 4. The molecule has 1 aliphatic carbocycles. The minimum atomic E-state index is -3.22. The van der Waals surface area contributed by atoms with E-state index < -0.39 is 23.8 Å². The highest BCUT2D eigenvalue weighted by atomic mass is 35.5. The number of nitrogens with one attached hydrogen (secondary N) is 1. The molecule has 8 heteroatoms. The van der Waals surface area contributed by atoms with E-state index >= 15 is 4.39 Å². The molecule has 0 saturated heterocycles. The van der Waals surface area contributed by atoms with Crippen LogP contribution in [0, 0.1) is 5.82 Å². The van der Waals surface area contributed by atoms with Gasteiger partial charge >= 0.3 is 6.61 Å². The molecular weight excluding hydrogens is 503 g/mol. The van der Waals surface area contributed by atoms with Crippen molar-refractivity contribution >= 4 is 17.9 Å². The van der Waals surface area contributed by atoms with E-state index in [2.05, 4.69) is 10.1 Å². The second-order valence-electron chi connectivity index (χ2n) is 9.59. The number of carbonyl (C=O) groups excluding carboxylic acids is 1. The Morgan fingerprint density at radius 2 is 1.81 bits per heavy atom. The Labute approximate surface area is 218 Å². The van der Waals surface area contributed by atoms with Crippen LogP contribution in [0.1, 0.15) is 53.6 Å². The highest BCUT2D eigenvalue weighted by Gasteiger charge is 2.43. The third kappa shape index (κ3) is 5.07. The Hall–Kier alpha value is -3.03. The molecule has 3 aromatic rings. The molecule has 0 radical (unpaired) electrons. The molecule has 4 nitrogen and oxygen atoms in total. The summed E-state index contributed by atoms with van der Waals surface area (Å²) in [6.45, 7) is -2.70. The molecule has 0 spiro atoms. The third-order valence-corrected chi connectivity index (χ3v) is 7.61. The van der Waals surface area contributed by atoms with Gasteiger partial charge < -0.3 is 14.8 Å². The van der Waals surface area contributed by atoms with Crippen molar-refractivity contribution < 1.29 is 27.4 Å². The standard InChI is InChI=1S/C29H27ClF3NO3/c30-22-12-14-23-21(26(22)25-18(16-35)11-13-24(27(25)31)36-28(32)33)15-29(37-23,19-7-3-1-4-8-19)17-34-20-9-5-2-6-10-20/h1,3-4,7-8,11-14,16,20,28,34H,2,5-6,9-10,15,17H2/t29-/m1/s1. The molecule has 0 amide bonds. The SMILES string of the molecule is O=Cc1ccc(OC(F)F)c(F)c1-c1c(Cl)ccc2c1C[C@@](CNC1CCCCC1)(c1ccccc1)O2. The van der Waals surface area contributed by atoms with Crippen molar-refractivity contribution in [1.29, 1.82) is 0 Å². The lowest BCUT2D eigenvalue weighted by molar-refractivity contribution is -0.0521. The predicted octanol–water partition coefficient (Wildman–Crippen LogP) is 7.31. The number of carbonyl (C=O) groups is 1. The lowest BCUT2D eigenvalue weighted by Gasteiger charge is -2.33. The van der Waals surface area contributed by atoms with Gasteiger partial charge in [0.25, 0.3) is 0 Å². The van der Waals surface area contributed by atoms with Crippen LogP contribution in [0.4, 0.5) is 13.2 Å². The lowest BCUT2D eigenvalue weighted by Crippen LogP contribution is -2.46. The van der Waals surface area contributed by atoms with Crippen LogP contribution in [-0.4, -0.2) is 25.5 Å². The largest absolute Gasteiger partial charge is 0.481 e. The maximum absolute atomic E-state index is 15.6. The van der Waals surface area contributed by atoms with Crippen molar-refractivity contribution in [3.8, 4) is 22.6 Å². The highest BCUT2D eigenvalue weighted by molar-refractivity contribution is 6.33. The Kier molecular flexibility index (Phi) is 7.45. The molecule has 1 fully saturated rings. The number of hydrogen-bond acceptors (Lipinski definition) is 4. The van der Waals surface area contributed by atoms with E-state index in [4.69, 9.17) is 16.3 Å². The summed E-state index contributed by atoms with van der Waals surface area (Å²) < 4.78 is 52.4. The summed E-state index contributed by atoms with van der Waals surface area (Å²) in [6.07, 6.45) is 6.62. The molecule has 1 atom stereocenters. The van der Waals surface area contributed by atoms with Crippen LogP contribution in [0.2, 0.25) is 5.02 Å². The highest BCUT2D eigenvalue weighted by Crippen LogP contribution is 2.49. The molecule has 3 aromatic carbocycles. The Morgan fingerprint density at radius 3 is 2.51 bits per heavy atom. The number of aldehydes is 1. The summed E-state index contributed by atoms with van der Waals surface area (Å²) in [5, 5.41) is 3.87. The van der Waals surface area contributed by atoms with Gasteiger partial charge in [0, 0.05) is 46.3 Å². The quantitative estimate of drug-likeness (QED) is 0.311. The van der Waals surface area contributed by atoms with Crippen molar-refractivity contribution in [3.05, 3.63) is 82.1 Å². The van der Waals surface area contributed by atoms with Crippen LogP contribution in [0.3, 0.4) is 0 Å². The molecule has 1 N–H and O–H groups in total. The number of rotatable bonds is 8. The third-order valence-electron chi connectivity index (χ3n) is 7.30. The van der Waals surface area contributed by atoms with Gasteiger partial charge in [0.15, 0.2) is 23.5 Å². The predicted molar refractivity (Wildman–Crippen MR) is 136 cm³/mol. The van der Waals surface area contributed by atoms with E-state index in [-0.39, 0.29) is 21.7 Å². The van der Waals surface area contributed by atoms with Crippen LogP contribution in [-0.2, 0) is 12.0 Å². The summed E-state index contributed by atoms with van der Waals surface area (Å²) >= 11 is 6.60. The van der Waals surface area contributed by atoms with Crippen molar-refractivity contribution in [2.45, 2.75) is 56.8 Å². The second kappa shape index (κ2) is 10.8. The fraction of sp³-hybridized carbons (Fsp3) is 0.345. The van der Waals surface area contributed by atoms with E-state index in [0.29, 0.717) is 36.6 Å². The number of benzene rings is 3. The average molecular weight is 530 g/mol. The van der Waals surface area contributed by atoms with Crippen LogP contribution in [0.25, 0.3) is 11.1 Å². The van der Waals surface area contributed by atoms with Gasteiger partial charge in [0.05, 0.1) is 0 Å². The molecule has 5 rings (SSSR count). The Morgan fingerprint density at radius 1 is 1.05 bits per heavy atom. The summed E-state index contributed by atoms with van der Waals surface area (Å²) in [5.74, 6) is -1.22. The normalized spacial score (nSPS) is 19.5. The molecular formula is C29H27ClF3NO3. The molecule has 194 valence electrons. The first-order valence-electron chi connectivity index (χ1n) is 12.4. The molecule has 0 unspecified atom stereocenters. The zero-order valence-corrected chi connectivity index (χ0v) is 20.9. The maximum Gasteiger partial charge on any atom is 0.387 e. The van der Waals surface area contributed by atoms with Gasteiger partial charge in [-0.1, -0.05) is 61.2 Å². The zero-order chi connectivity index (χ0) is 26.0. The van der Waals surface area contributed by atoms with Gasteiger partial charge in [-0.05, 0) is 42.7 Å². The number of fused-ring (bicyclic) bond motifs is 1. The summed E-state index contributed by atoms with van der Waals surface area (Å²) in [5.41, 5.74) is 0.805. The number of alkyl halides is 2. The first-order chi connectivity index (χ1) is 17.9. The van der Waals surface area contributed by atoms with Crippen molar-refractivity contribution in [3.63, 3.8) is 0 Å². The van der Waals surface area contributed by atoms with Crippen molar-refractivity contribution in [1.82, 2.24) is 5.32 Å². The maximum atomic E-state index is 15.6. The minimum Gasteiger partial charge on any atom is -0.481 e. The fourth-order valence-corrected chi connectivity index (χ4v) is 5.78. The number of ether oxygens (including phenoxy) is 2. The first-order valence-corrected chi connectivity index (χ1v) is 12.8. The summed E-state index contributed by atoms with van der Waals surface area (Å²) in [4.78, 5) is 11.9. The second-order valence-corrected chi connectivity index (χ2v) is 10.00. The number of hydrogen-bond donors (Lipinski definition) is 1. The topological polar surface area (TPSA) is 47.6 Å². The van der Waals surface area contributed by atoms with Crippen LogP contribution < -0.4 is 14.8 Å². The Bertz CT molecular complexity index is 1280. The summed E-state index contributed by atoms with van der Waals surface area (Å²) in [6, 6.07) is 15.7. The van der Waals surface area contributed by atoms with Gasteiger partial charge in [-0.3, -0.25) is 4.79 Å². The average Bonchev–Trinajstić information content (AvgIpc) is 3.30. The van der Waals surface area contributed by atoms with Gasteiger partial charge in [-0.2, -0.15) is 8.78 Å². The van der Waals surface area contributed by atoms with Crippen molar-refractivity contribution in [2.75, 3.05) is 6.54 Å². The molecule has 1 aliphatic heterocycles. The van der Waals surface area contributed by atoms with E-state index in [1.54, 1.807) is 12.1 Å². The van der Waals surface area contributed by atoms with Crippen LogP contribution in [0.5, 0.6) is 11.5 Å². The Balaban J connectivity index is 1.60. The van der Waals surface area contributed by atoms with Crippen LogP contribution in [0.15, 0.2) is 54.6 Å². The van der Waals surface area contributed by atoms with Crippen LogP contribution >= 0.6 is 11.6 Å². The molecule has 1 heterocycles. The van der Waals surface area contributed by atoms with Gasteiger partial charge in [0.2, 0.25) is 0 Å². The van der Waals surface area contributed by atoms with Gasteiger partial charge in [-0.15, -0.1) is 0 Å². The monoisotopic (exact) mass is 529 g/mol. The molecule has 1 saturated carbocycles. The first kappa shape index (κ1) is 25.6. The minimum absolute atomic E-state index is 0.0213. The zero-order valence-electron chi connectivity index (χ0n) is 20.1. The molecule has 37 heavy (non-hydrogen) atoms. The summed E-state index contributed by atoms with van der Waals surface area (Å²) in [7, 11) is 0. The van der Waals surface area contributed by atoms with E-state index in [0.717, 1.165) is 24.5 Å². The van der Waals surface area contributed by atoms with E-state index in [1.807, 2.05) is 30.3 Å². The van der Waals surface area contributed by atoms with Gasteiger partial charge in [0.1, 0.15) is 5.75 Å². The fourth-order valence-electron chi connectivity index (χ4n) is 5.50. The van der Waals surface area contributed by atoms with Crippen molar-refractivity contribution in [2.24, 2.45) is 0 Å². The van der Waals surface area contributed by atoms with E-state index in [9.17, 15) is 13.6 Å². The van der Waals surface area contributed by atoms with Gasteiger partial charge in [-0.25, -0.2) is 4.39 Å².